The Labute approximate surface area is 143 Å². The Balaban J connectivity index is 0.00000163. The van der Waals surface area contributed by atoms with Crippen molar-refractivity contribution in [2.75, 3.05) is 0 Å². The van der Waals surface area contributed by atoms with Crippen LogP contribution in [0.15, 0.2) is 30.3 Å². The van der Waals surface area contributed by atoms with Crippen molar-refractivity contribution in [1.29, 1.82) is 0 Å². The van der Waals surface area contributed by atoms with Crippen LogP contribution in [0.25, 0.3) is 6.08 Å². The second-order valence-electron chi connectivity index (χ2n) is 5.42. The topological polar surface area (TPSA) is 83.5 Å². The van der Waals surface area contributed by atoms with Crippen LogP contribution in [-0.4, -0.2) is 22.8 Å². The molecule has 0 saturated carbocycles. The van der Waals surface area contributed by atoms with Crippen LogP contribution in [-0.2, 0) is 20.9 Å². The first-order valence-corrected chi connectivity index (χ1v) is 8.15. The van der Waals surface area contributed by atoms with Gasteiger partial charge in [-0.15, -0.1) is 0 Å². The highest BCUT2D eigenvalue weighted by molar-refractivity contribution is 5.91. The van der Waals surface area contributed by atoms with Gasteiger partial charge >= 0.3 is 5.97 Å². The lowest BCUT2D eigenvalue weighted by atomic mass is 10.1. The second-order valence-corrected chi connectivity index (χ2v) is 5.42. The van der Waals surface area contributed by atoms with E-state index < -0.39 is 5.97 Å². The molecule has 0 aliphatic carbocycles. The van der Waals surface area contributed by atoms with Crippen molar-refractivity contribution in [3.8, 4) is 0 Å². The third-order valence-electron chi connectivity index (χ3n) is 2.75. The first-order valence-electron chi connectivity index (χ1n) is 8.15. The molecule has 0 saturated heterocycles. The molecule has 5 heteroatoms. The van der Waals surface area contributed by atoms with E-state index in [-0.39, 0.29) is 24.5 Å². The first kappa shape index (κ1) is 21.6. The van der Waals surface area contributed by atoms with Gasteiger partial charge in [0.15, 0.2) is 5.78 Å². The number of ketones is 1. The number of nitrogens with one attached hydrogen (secondary N) is 1. The molecule has 1 rings (SSSR count). The maximum Gasteiger partial charge on any atom is 0.303 e. The van der Waals surface area contributed by atoms with Crippen LogP contribution in [0.5, 0.6) is 0 Å². The summed E-state index contributed by atoms with van der Waals surface area (Å²) in [7, 11) is 0. The summed E-state index contributed by atoms with van der Waals surface area (Å²) < 4.78 is 0. The molecule has 2 N–H and O–H groups in total. The van der Waals surface area contributed by atoms with Crippen LogP contribution in [0.1, 0.15) is 57.6 Å². The van der Waals surface area contributed by atoms with Gasteiger partial charge in [-0.3, -0.25) is 14.4 Å². The number of rotatable bonds is 8. The zero-order valence-electron chi connectivity index (χ0n) is 14.7. The van der Waals surface area contributed by atoms with Crippen molar-refractivity contribution in [3.63, 3.8) is 0 Å². The summed E-state index contributed by atoms with van der Waals surface area (Å²) in [6.07, 6.45) is 5.00. The molecule has 0 radical (unpaired) electrons. The van der Waals surface area contributed by atoms with Gasteiger partial charge in [-0.25, -0.2) is 0 Å². The molecular formula is C19H27NO4. The summed E-state index contributed by atoms with van der Waals surface area (Å²) >= 11 is 0. The van der Waals surface area contributed by atoms with Gasteiger partial charge in [0.25, 0.3) is 0 Å². The van der Waals surface area contributed by atoms with Gasteiger partial charge in [-0.05, 0) is 36.6 Å². The number of hydrogen-bond donors (Lipinski definition) is 2. The van der Waals surface area contributed by atoms with Crippen LogP contribution in [0.4, 0.5) is 0 Å². The van der Waals surface area contributed by atoms with Crippen molar-refractivity contribution in [1.82, 2.24) is 5.32 Å². The van der Waals surface area contributed by atoms with E-state index in [2.05, 4.69) is 19.2 Å². The maximum absolute atomic E-state index is 11.5. The van der Waals surface area contributed by atoms with E-state index in [1.165, 1.54) is 19.4 Å². The standard InChI is InChI=1S/C16H19NO4.C3H8/c1-12(18)8-9-13-4-2-5-14(10-13)11-17-15(19)6-3-7-16(20)21;1-3-2/h2,4-5,8-10H,3,6-7,11H2,1H3,(H,17,19)(H,20,21);3H2,1-2H3/b9-8+;. The van der Waals surface area contributed by atoms with Crippen molar-refractivity contribution < 1.29 is 19.5 Å². The van der Waals surface area contributed by atoms with Gasteiger partial charge < -0.3 is 10.4 Å². The van der Waals surface area contributed by atoms with E-state index >= 15 is 0 Å². The molecule has 5 nitrogen and oxygen atoms in total. The average molecular weight is 333 g/mol. The number of carboxylic acid groups (broad SMARTS) is 1. The van der Waals surface area contributed by atoms with Crippen LogP contribution < -0.4 is 5.32 Å². The summed E-state index contributed by atoms with van der Waals surface area (Å²) in [6, 6.07) is 7.49. The summed E-state index contributed by atoms with van der Waals surface area (Å²) in [5, 5.41) is 11.2. The Kier molecular flexibility index (Phi) is 11.7. The maximum atomic E-state index is 11.5. The van der Waals surface area contributed by atoms with Crippen molar-refractivity contribution in [2.24, 2.45) is 0 Å². The van der Waals surface area contributed by atoms with E-state index in [1.54, 1.807) is 6.08 Å². The van der Waals surface area contributed by atoms with Gasteiger partial charge in [-0.1, -0.05) is 44.5 Å². The van der Waals surface area contributed by atoms with Gasteiger partial charge in [-0.2, -0.15) is 0 Å². The minimum absolute atomic E-state index is 0.00124. The smallest absolute Gasteiger partial charge is 0.303 e. The monoisotopic (exact) mass is 333 g/mol. The molecule has 0 aromatic heterocycles. The van der Waals surface area contributed by atoms with Crippen LogP contribution >= 0.6 is 0 Å². The number of carboxylic acids is 1. The summed E-state index contributed by atoms with van der Waals surface area (Å²) in [4.78, 5) is 32.8. The number of hydrogen-bond acceptors (Lipinski definition) is 3. The molecule has 0 fully saturated rings. The molecule has 0 bridgehead atoms. The molecule has 0 aliphatic rings. The second kappa shape index (κ2) is 13.0. The molecule has 24 heavy (non-hydrogen) atoms. The van der Waals surface area contributed by atoms with E-state index in [0.717, 1.165) is 11.1 Å². The third-order valence-corrected chi connectivity index (χ3v) is 2.75. The van der Waals surface area contributed by atoms with Crippen LogP contribution in [0.3, 0.4) is 0 Å². The Bertz CT molecular complexity index is 564. The predicted molar refractivity (Wildman–Crippen MR) is 95.5 cm³/mol. The fraction of sp³-hybridized carbons (Fsp3) is 0.421. The molecule has 1 aromatic rings. The number of amides is 1. The van der Waals surface area contributed by atoms with E-state index in [9.17, 15) is 14.4 Å². The van der Waals surface area contributed by atoms with Crippen molar-refractivity contribution in [3.05, 3.63) is 41.5 Å². The van der Waals surface area contributed by atoms with Gasteiger partial charge in [0.1, 0.15) is 0 Å². The summed E-state index contributed by atoms with van der Waals surface area (Å²) in [5.74, 6) is -1.08. The van der Waals surface area contributed by atoms with Gasteiger partial charge in [0, 0.05) is 19.4 Å². The Morgan fingerprint density at radius 2 is 1.83 bits per heavy atom. The zero-order valence-corrected chi connectivity index (χ0v) is 14.7. The molecule has 132 valence electrons. The van der Waals surface area contributed by atoms with Gasteiger partial charge in [0.05, 0.1) is 0 Å². The van der Waals surface area contributed by atoms with Crippen LogP contribution in [0, 0.1) is 0 Å². The zero-order chi connectivity index (χ0) is 18.4. The Hall–Kier alpha value is -2.43. The summed E-state index contributed by atoms with van der Waals surface area (Å²) in [6.45, 7) is 6.12. The molecule has 1 amide bonds. The highest BCUT2D eigenvalue weighted by atomic mass is 16.4. The van der Waals surface area contributed by atoms with Crippen molar-refractivity contribution >= 4 is 23.7 Å². The normalized spacial score (nSPS) is 9.96. The molecule has 0 atom stereocenters. The lowest BCUT2D eigenvalue weighted by Crippen LogP contribution is -2.22. The lowest BCUT2D eigenvalue weighted by molar-refractivity contribution is -0.137. The highest BCUT2D eigenvalue weighted by Gasteiger charge is 2.04. The fourth-order valence-electron chi connectivity index (χ4n) is 1.71. The predicted octanol–water partition coefficient (Wildman–Crippen LogP) is 3.58. The number of benzene rings is 1. The SMILES string of the molecule is CC(=O)/C=C/c1cccc(CNC(=O)CCCC(=O)O)c1.CCC. The lowest BCUT2D eigenvalue weighted by Gasteiger charge is -2.05. The fourth-order valence-corrected chi connectivity index (χ4v) is 1.71. The van der Waals surface area contributed by atoms with Crippen molar-refractivity contribution in [2.45, 2.75) is 53.0 Å². The van der Waals surface area contributed by atoms with E-state index in [4.69, 9.17) is 5.11 Å². The minimum atomic E-state index is -0.896. The average Bonchev–Trinajstić information content (AvgIpc) is 2.52. The molecule has 0 heterocycles. The Morgan fingerprint density at radius 1 is 1.17 bits per heavy atom. The highest BCUT2D eigenvalue weighted by Crippen LogP contribution is 2.07. The first-order chi connectivity index (χ1) is 11.4. The molecule has 0 unspecified atom stereocenters. The van der Waals surface area contributed by atoms with E-state index in [0.29, 0.717) is 13.0 Å². The van der Waals surface area contributed by atoms with E-state index in [1.807, 2.05) is 24.3 Å². The number of carbonyl (C=O) groups excluding carboxylic acids is 2. The number of allylic oxidation sites excluding steroid dienone is 1. The van der Waals surface area contributed by atoms with Crippen LogP contribution in [0.2, 0.25) is 0 Å². The molecule has 0 aliphatic heterocycles. The molecule has 0 spiro atoms. The summed E-state index contributed by atoms with van der Waals surface area (Å²) in [5.41, 5.74) is 1.81. The third kappa shape index (κ3) is 12.1. The number of aliphatic carboxylic acids is 1. The largest absolute Gasteiger partial charge is 0.481 e. The number of carbonyl (C=O) groups is 3. The minimum Gasteiger partial charge on any atom is -0.481 e. The quantitative estimate of drug-likeness (QED) is 0.712. The Morgan fingerprint density at radius 3 is 2.42 bits per heavy atom. The van der Waals surface area contributed by atoms with Gasteiger partial charge in [0.2, 0.25) is 5.91 Å². The molecule has 1 aromatic carbocycles. The molecular weight excluding hydrogens is 306 g/mol.